The molecule has 3 nitrogen and oxygen atoms in total. The molecule has 112 valence electrons. The minimum absolute atomic E-state index is 0.565. The number of anilines is 1. The number of piperidine rings is 1. The Labute approximate surface area is 131 Å². The summed E-state index contributed by atoms with van der Waals surface area (Å²) in [5, 5.41) is 3.24. The smallest absolute Gasteiger partial charge is 0.133 e. The van der Waals surface area contributed by atoms with Gasteiger partial charge in [-0.3, -0.25) is 0 Å². The van der Waals surface area contributed by atoms with Gasteiger partial charge >= 0.3 is 0 Å². The van der Waals surface area contributed by atoms with Crippen LogP contribution in [0.4, 0.5) is 5.82 Å². The fraction of sp³-hybridized carbons (Fsp3) is 0.688. The average molecular weight is 340 g/mol. The zero-order chi connectivity index (χ0) is 14.6. The third-order valence-electron chi connectivity index (χ3n) is 4.90. The second kappa shape index (κ2) is 6.90. The molecule has 0 bridgehead atoms. The highest BCUT2D eigenvalue weighted by Crippen LogP contribution is 2.39. The molecule has 2 rings (SSSR count). The molecular weight excluding hydrogens is 314 g/mol. The van der Waals surface area contributed by atoms with Gasteiger partial charge in [-0.1, -0.05) is 26.7 Å². The molecule has 0 aromatic carbocycles. The Morgan fingerprint density at radius 3 is 2.50 bits per heavy atom. The minimum atomic E-state index is 0.565. The first-order chi connectivity index (χ1) is 9.64. The highest BCUT2D eigenvalue weighted by Gasteiger charge is 2.32. The first kappa shape index (κ1) is 15.8. The molecule has 0 saturated carbocycles. The zero-order valence-corrected chi connectivity index (χ0v) is 14.5. The average Bonchev–Trinajstić information content (AvgIpc) is 2.48. The van der Waals surface area contributed by atoms with E-state index in [1.54, 1.807) is 0 Å². The van der Waals surface area contributed by atoms with Gasteiger partial charge in [0.15, 0.2) is 0 Å². The first-order valence-electron chi connectivity index (χ1n) is 7.68. The molecule has 0 amide bonds. The lowest BCUT2D eigenvalue weighted by atomic mass is 9.74. The van der Waals surface area contributed by atoms with Crippen molar-refractivity contribution >= 4 is 21.7 Å². The van der Waals surface area contributed by atoms with Crippen molar-refractivity contribution in [2.24, 2.45) is 5.41 Å². The molecule has 4 heteroatoms. The van der Waals surface area contributed by atoms with E-state index < -0.39 is 0 Å². The molecule has 20 heavy (non-hydrogen) atoms. The number of hydrogen-bond donors (Lipinski definition) is 1. The molecule has 1 aromatic rings. The lowest BCUT2D eigenvalue weighted by Crippen LogP contribution is -2.40. The third-order valence-corrected chi connectivity index (χ3v) is 5.33. The predicted molar refractivity (Wildman–Crippen MR) is 89.2 cm³/mol. The van der Waals surface area contributed by atoms with Gasteiger partial charge in [0.1, 0.15) is 5.82 Å². The van der Waals surface area contributed by atoms with Crippen LogP contribution in [-0.4, -0.2) is 25.1 Å². The van der Waals surface area contributed by atoms with Crippen LogP contribution >= 0.6 is 15.9 Å². The Balaban J connectivity index is 2.14. The van der Waals surface area contributed by atoms with Crippen molar-refractivity contribution in [2.75, 3.05) is 25.0 Å². The van der Waals surface area contributed by atoms with Crippen LogP contribution in [0.3, 0.4) is 0 Å². The van der Waals surface area contributed by atoms with Crippen molar-refractivity contribution in [3.05, 3.63) is 22.3 Å². The van der Waals surface area contributed by atoms with E-state index in [0.717, 1.165) is 29.9 Å². The summed E-state index contributed by atoms with van der Waals surface area (Å²) >= 11 is 3.52. The quantitative estimate of drug-likeness (QED) is 0.879. The minimum Gasteiger partial charge on any atom is -0.356 e. The number of nitrogens with one attached hydrogen (secondary N) is 1. The van der Waals surface area contributed by atoms with Crippen LogP contribution in [0.15, 0.2) is 16.7 Å². The fourth-order valence-corrected chi connectivity index (χ4v) is 3.61. The van der Waals surface area contributed by atoms with Gasteiger partial charge in [0.2, 0.25) is 0 Å². The van der Waals surface area contributed by atoms with E-state index in [1.165, 1.54) is 31.2 Å². The van der Waals surface area contributed by atoms with Crippen LogP contribution < -0.4 is 10.2 Å². The Kier molecular flexibility index (Phi) is 5.44. The second-order valence-corrected chi connectivity index (χ2v) is 6.78. The molecule has 0 unspecified atom stereocenters. The van der Waals surface area contributed by atoms with Gasteiger partial charge in [0, 0.05) is 35.9 Å². The molecule has 1 fully saturated rings. The standard InChI is InChI=1S/C16H26BrN3/c1-4-16(5-2)6-8-20(9-7-16)15-13(11-18-3)10-14(17)12-19-15/h10,12,18H,4-9,11H2,1-3H3. The Hall–Kier alpha value is -0.610. The summed E-state index contributed by atoms with van der Waals surface area (Å²) in [4.78, 5) is 7.12. The predicted octanol–water partition coefficient (Wildman–Crippen LogP) is 3.97. The largest absolute Gasteiger partial charge is 0.356 e. The normalized spacial score (nSPS) is 18.3. The molecule has 1 N–H and O–H groups in total. The monoisotopic (exact) mass is 339 g/mol. The summed E-state index contributed by atoms with van der Waals surface area (Å²) in [5.74, 6) is 1.16. The molecule has 1 aliphatic heterocycles. The number of aromatic nitrogens is 1. The van der Waals surface area contributed by atoms with Crippen molar-refractivity contribution in [1.82, 2.24) is 10.3 Å². The maximum Gasteiger partial charge on any atom is 0.133 e. The summed E-state index contributed by atoms with van der Waals surface area (Å²) in [6.45, 7) is 7.80. The van der Waals surface area contributed by atoms with Crippen LogP contribution in [-0.2, 0) is 6.54 Å². The summed E-state index contributed by atoms with van der Waals surface area (Å²) in [6, 6.07) is 2.18. The lowest BCUT2D eigenvalue weighted by Gasteiger charge is -2.42. The van der Waals surface area contributed by atoms with Crippen molar-refractivity contribution in [2.45, 2.75) is 46.1 Å². The molecule has 0 atom stereocenters. The van der Waals surface area contributed by atoms with Crippen LogP contribution in [0, 0.1) is 5.41 Å². The summed E-state index contributed by atoms with van der Waals surface area (Å²) < 4.78 is 1.06. The van der Waals surface area contributed by atoms with E-state index in [-0.39, 0.29) is 0 Å². The number of rotatable bonds is 5. The van der Waals surface area contributed by atoms with E-state index in [0.29, 0.717) is 5.41 Å². The number of nitrogens with zero attached hydrogens (tertiary/aromatic N) is 2. The number of pyridine rings is 1. The van der Waals surface area contributed by atoms with Gasteiger partial charge in [0.25, 0.3) is 0 Å². The van der Waals surface area contributed by atoms with Gasteiger partial charge in [0.05, 0.1) is 0 Å². The zero-order valence-electron chi connectivity index (χ0n) is 12.9. The summed E-state index contributed by atoms with van der Waals surface area (Å²) in [7, 11) is 1.99. The van der Waals surface area contributed by atoms with Crippen LogP contribution in [0.5, 0.6) is 0 Å². The van der Waals surface area contributed by atoms with Gasteiger partial charge < -0.3 is 10.2 Å². The maximum absolute atomic E-state index is 4.66. The van der Waals surface area contributed by atoms with E-state index in [4.69, 9.17) is 0 Å². The molecule has 0 radical (unpaired) electrons. The fourth-order valence-electron chi connectivity index (χ4n) is 3.23. The van der Waals surface area contributed by atoms with E-state index in [1.807, 2.05) is 13.2 Å². The Morgan fingerprint density at radius 2 is 1.95 bits per heavy atom. The summed E-state index contributed by atoms with van der Waals surface area (Å²) in [5.41, 5.74) is 1.84. The molecule has 0 spiro atoms. The van der Waals surface area contributed by atoms with Crippen molar-refractivity contribution in [1.29, 1.82) is 0 Å². The molecular formula is C16H26BrN3. The Morgan fingerprint density at radius 1 is 1.30 bits per heavy atom. The SMILES string of the molecule is CCC1(CC)CCN(c2ncc(Br)cc2CNC)CC1. The van der Waals surface area contributed by atoms with E-state index in [9.17, 15) is 0 Å². The number of hydrogen-bond acceptors (Lipinski definition) is 3. The second-order valence-electron chi connectivity index (χ2n) is 5.86. The van der Waals surface area contributed by atoms with Gasteiger partial charge in [-0.05, 0) is 47.3 Å². The highest BCUT2D eigenvalue weighted by atomic mass is 79.9. The van der Waals surface area contributed by atoms with Crippen LogP contribution in [0.25, 0.3) is 0 Å². The summed E-state index contributed by atoms with van der Waals surface area (Å²) in [6.07, 6.45) is 7.09. The molecule has 0 aliphatic carbocycles. The molecule has 1 saturated heterocycles. The van der Waals surface area contributed by atoms with E-state index in [2.05, 4.69) is 51.0 Å². The van der Waals surface area contributed by atoms with Gasteiger partial charge in [-0.25, -0.2) is 4.98 Å². The first-order valence-corrected chi connectivity index (χ1v) is 8.47. The molecule has 1 aromatic heterocycles. The highest BCUT2D eigenvalue weighted by molar-refractivity contribution is 9.10. The van der Waals surface area contributed by atoms with Crippen LogP contribution in [0.2, 0.25) is 0 Å². The van der Waals surface area contributed by atoms with Crippen LogP contribution in [0.1, 0.15) is 45.1 Å². The number of halogens is 1. The Bertz CT molecular complexity index is 433. The third kappa shape index (κ3) is 3.34. The molecule has 2 heterocycles. The van der Waals surface area contributed by atoms with E-state index >= 15 is 0 Å². The van der Waals surface area contributed by atoms with Gasteiger partial charge in [-0.15, -0.1) is 0 Å². The van der Waals surface area contributed by atoms with Crippen molar-refractivity contribution in [3.63, 3.8) is 0 Å². The van der Waals surface area contributed by atoms with Crippen molar-refractivity contribution < 1.29 is 0 Å². The van der Waals surface area contributed by atoms with Crippen molar-refractivity contribution in [3.8, 4) is 0 Å². The van der Waals surface area contributed by atoms with Gasteiger partial charge in [-0.2, -0.15) is 0 Å². The lowest BCUT2D eigenvalue weighted by molar-refractivity contribution is 0.199. The maximum atomic E-state index is 4.66. The topological polar surface area (TPSA) is 28.2 Å². The molecule has 1 aliphatic rings.